The van der Waals surface area contributed by atoms with E-state index in [1.54, 1.807) is 0 Å². The zero-order valence-corrected chi connectivity index (χ0v) is 21.3. The molecule has 0 aliphatic carbocycles. The predicted molar refractivity (Wildman–Crippen MR) is 141 cm³/mol. The van der Waals surface area contributed by atoms with Crippen LogP contribution in [-0.4, -0.2) is 8.32 Å². The third-order valence-corrected chi connectivity index (χ3v) is 10.5. The summed E-state index contributed by atoms with van der Waals surface area (Å²) in [5.41, 5.74) is 2.89. The SMILES string of the molecule is CCCCC#Cc1cc2ccccc2cc1C#Cc1ccccc1O[Si](C)(C)C(C)(C)C. The Morgan fingerprint density at radius 3 is 1.97 bits per heavy atom. The molecule has 3 aromatic rings. The molecule has 0 heterocycles. The van der Waals surface area contributed by atoms with Crippen LogP contribution in [0.1, 0.15) is 63.6 Å². The average Bonchev–Trinajstić information content (AvgIpc) is 2.75. The minimum Gasteiger partial charge on any atom is -0.543 e. The fourth-order valence-electron chi connectivity index (χ4n) is 3.09. The van der Waals surface area contributed by atoms with E-state index in [0.717, 1.165) is 41.7 Å². The molecular formula is C30H34OSi. The molecule has 1 nitrogen and oxygen atoms in total. The second kappa shape index (κ2) is 10.1. The second-order valence-corrected chi connectivity index (χ2v) is 14.5. The average molecular weight is 439 g/mol. The van der Waals surface area contributed by atoms with Gasteiger partial charge in [-0.25, -0.2) is 0 Å². The Kier molecular flexibility index (Phi) is 7.50. The monoisotopic (exact) mass is 438 g/mol. The highest BCUT2D eigenvalue weighted by molar-refractivity contribution is 6.74. The Morgan fingerprint density at radius 1 is 0.781 bits per heavy atom. The van der Waals surface area contributed by atoms with Crippen molar-refractivity contribution in [3.8, 4) is 29.4 Å². The van der Waals surface area contributed by atoms with Crippen LogP contribution in [0.4, 0.5) is 0 Å². The topological polar surface area (TPSA) is 9.23 Å². The first-order valence-corrected chi connectivity index (χ1v) is 14.4. The molecule has 2 heteroatoms. The maximum atomic E-state index is 6.59. The van der Waals surface area contributed by atoms with Gasteiger partial charge in [-0.2, -0.15) is 0 Å². The van der Waals surface area contributed by atoms with E-state index in [2.05, 4.69) is 101 Å². The van der Waals surface area contributed by atoms with E-state index in [1.807, 2.05) is 24.3 Å². The lowest BCUT2D eigenvalue weighted by atomic mass is 10.0. The quantitative estimate of drug-likeness (QED) is 0.227. The first-order valence-electron chi connectivity index (χ1n) is 11.5. The van der Waals surface area contributed by atoms with E-state index in [-0.39, 0.29) is 5.04 Å². The lowest BCUT2D eigenvalue weighted by Gasteiger charge is -2.36. The normalized spacial score (nSPS) is 11.3. The van der Waals surface area contributed by atoms with Gasteiger partial charge >= 0.3 is 0 Å². The molecular weight excluding hydrogens is 404 g/mol. The molecule has 3 aromatic carbocycles. The van der Waals surface area contributed by atoms with Gasteiger partial charge in [0.1, 0.15) is 5.75 Å². The number of unbranched alkanes of at least 4 members (excludes halogenated alkanes) is 2. The van der Waals surface area contributed by atoms with E-state index < -0.39 is 8.32 Å². The fourth-order valence-corrected chi connectivity index (χ4v) is 4.13. The van der Waals surface area contributed by atoms with Crippen LogP contribution in [0, 0.1) is 23.7 Å². The molecule has 0 aromatic heterocycles. The number of hydrogen-bond acceptors (Lipinski definition) is 1. The molecule has 0 bridgehead atoms. The number of benzene rings is 3. The lowest BCUT2D eigenvalue weighted by molar-refractivity contribution is 0.491. The molecule has 32 heavy (non-hydrogen) atoms. The zero-order valence-electron chi connectivity index (χ0n) is 20.3. The van der Waals surface area contributed by atoms with E-state index in [9.17, 15) is 0 Å². The molecule has 0 fully saturated rings. The number of fused-ring (bicyclic) bond motifs is 1. The summed E-state index contributed by atoms with van der Waals surface area (Å²) in [5.74, 6) is 14.4. The molecule has 0 unspecified atom stereocenters. The summed E-state index contributed by atoms with van der Waals surface area (Å²) in [7, 11) is -1.95. The van der Waals surface area contributed by atoms with Crippen LogP contribution in [-0.2, 0) is 0 Å². The second-order valence-electron chi connectivity index (χ2n) is 9.76. The van der Waals surface area contributed by atoms with E-state index in [4.69, 9.17) is 4.43 Å². The van der Waals surface area contributed by atoms with Crippen LogP contribution >= 0.6 is 0 Å². The minimum absolute atomic E-state index is 0.132. The van der Waals surface area contributed by atoms with Gasteiger partial charge in [-0.1, -0.05) is 94.2 Å². The predicted octanol–water partition coefficient (Wildman–Crippen LogP) is 8.17. The molecule has 0 N–H and O–H groups in total. The smallest absolute Gasteiger partial charge is 0.250 e. The van der Waals surface area contributed by atoms with Crippen molar-refractivity contribution < 1.29 is 4.43 Å². The van der Waals surface area contributed by atoms with Crippen molar-refractivity contribution in [1.29, 1.82) is 0 Å². The third kappa shape index (κ3) is 5.85. The number of hydrogen-bond donors (Lipinski definition) is 0. The highest BCUT2D eigenvalue weighted by Crippen LogP contribution is 2.38. The van der Waals surface area contributed by atoms with Crippen molar-refractivity contribution in [2.45, 2.75) is 65.1 Å². The van der Waals surface area contributed by atoms with Crippen LogP contribution < -0.4 is 4.43 Å². The minimum atomic E-state index is -1.95. The first-order chi connectivity index (χ1) is 15.2. The van der Waals surface area contributed by atoms with Gasteiger partial charge in [0.25, 0.3) is 8.32 Å². The maximum Gasteiger partial charge on any atom is 0.250 e. The van der Waals surface area contributed by atoms with Crippen LogP contribution in [0.15, 0.2) is 60.7 Å². The Morgan fingerprint density at radius 2 is 1.34 bits per heavy atom. The van der Waals surface area contributed by atoms with Gasteiger partial charge in [0.05, 0.1) is 5.56 Å². The highest BCUT2D eigenvalue weighted by atomic mass is 28.4. The molecule has 0 spiro atoms. The molecule has 0 saturated heterocycles. The number of rotatable bonds is 4. The van der Waals surface area contributed by atoms with Crippen LogP contribution in [0.3, 0.4) is 0 Å². The first kappa shape index (κ1) is 23.7. The van der Waals surface area contributed by atoms with Gasteiger partial charge in [0.15, 0.2) is 0 Å². The van der Waals surface area contributed by atoms with Gasteiger partial charge in [0.2, 0.25) is 0 Å². The van der Waals surface area contributed by atoms with Crippen molar-refractivity contribution in [3.05, 3.63) is 77.4 Å². The van der Waals surface area contributed by atoms with Crippen molar-refractivity contribution in [3.63, 3.8) is 0 Å². The lowest BCUT2D eigenvalue weighted by Crippen LogP contribution is -2.44. The van der Waals surface area contributed by atoms with Gasteiger partial charge in [0, 0.05) is 17.5 Å². The summed E-state index contributed by atoms with van der Waals surface area (Å²) in [6.45, 7) is 13.5. The Balaban J connectivity index is 2.02. The molecule has 0 radical (unpaired) electrons. The molecule has 0 atom stereocenters. The van der Waals surface area contributed by atoms with Crippen molar-refractivity contribution in [2.75, 3.05) is 0 Å². The van der Waals surface area contributed by atoms with Crippen LogP contribution in [0.5, 0.6) is 5.75 Å². The summed E-state index contributed by atoms with van der Waals surface area (Å²) in [4.78, 5) is 0. The standard InChI is InChI=1S/C30H34OSi/c1-7-8-9-10-16-27-22-25-17-11-12-18-26(25)23-28(27)21-20-24-15-13-14-19-29(24)31-32(5,6)30(2,3)4/h11-15,17-19,22-23H,7-9H2,1-6H3. The third-order valence-electron chi connectivity index (χ3n) is 6.15. The largest absolute Gasteiger partial charge is 0.543 e. The zero-order chi connectivity index (χ0) is 23.2. The van der Waals surface area contributed by atoms with Crippen LogP contribution in [0.25, 0.3) is 10.8 Å². The fraction of sp³-hybridized carbons (Fsp3) is 0.333. The summed E-state index contributed by atoms with van der Waals surface area (Å²) < 4.78 is 6.59. The molecule has 0 amide bonds. The van der Waals surface area contributed by atoms with Gasteiger partial charge in [-0.15, -0.1) is 0 Å². The summed E-state index contributed by atoms with van der Waals surface area (Å²) >= 11 is 0. The molecule has 0 aliphatic rings. The van der Waals surface area contributed by atoms with E-state index >= 15 is 0 Å². The maximum absolute atomic E-state index is 6.59. The van der Waals surface area contributed by atoms with Crippen molar-refractivity contribution >= 4 is 19.1 Å². The van der Waals surface area contributed by atoms with E-state index in [1.165, 1.54) is 10.8 Å². The summed E-state index contributed by atoms with van der Waals surface area (Å²) in [5, 5.41) is 2.51. The van der Waals surface area contributed by atoms with Gasteiger partial charge < -0.3 is 4.43 Å². The summed E-state index contributed by atoms with van der Waals surface area (Å²) in [6.07, 6.45) is 3.20. The Hall–Kier alpha value is -2.94. The van der Waals surface area contributed by atoms with Crippen LogP contribution in [0.2, 0.25) is 18.1 Å². The molecule has 3 rings (SSSR count). The summed E-state index contributed by atoms with van der Waals surface area (Å²) in [6, 6.07) is 20.8. The highest BCUT2D eigenvalue weighted by Gasteiger charge is 2.39. The Bertz CT molecular complexity index is 1210. The molecule has 164 valence electrons. The van der Waals surface area contributed by atoms with Crippen molar-refractivity contribution in [1.82, 2.24) is 0 Å². The van der Waals surface area contributed by atoms with Gasteiger partial charge in [-0.3, -0.25) is 0 Å². The van der Waals surface area contributed by atoms with Crippen molar-refractivity contribution in [2.24, 2.45) is 0 Å². The molecule has 0 saturated carbocycles. The van der Waals surface area contributed by atoms with Gasteiger partial charge in [-0.05, 0) is 59.6 Å². The molecule has 0 aliphatic heterocycles. The van der Waals surface area contributed by atoms with E-state index in [0.29, 0.717) is 0 Å². The Labute approximate surface area is 195 Å². The number of para-hydroxylation sites is 1.